The second-order valence-electron chi connectivity index (χ2n) is 4.15. The summed E-state index contributed by atoms with van der Waals surface area (Å²) in [5, 5.41) is 0. The van der Waals surface area contributed by atoms with Crippen LogP contribution in [0.1, 0.15) is 27.2 Å². The molecule has 1 unspecified atom stereocenters. The Hall–Kier alpha value is -0.0400. The van der Waals surface area contributed by atoms with Gasteiger partial charge in [-0.3, -0.25) is 0 Å². The molecule has 0 bridgehead atoms. The second kappa shape index (κ2) is 1.98. The van der Waals surface area contributed by atoms with Crippen molar-refractivity contribution < 1.29 is 0 Å². The highest BCUT2D eigenvalue weighted by Gasteiger charge is 2.34. The minimum Gasteiger partial charge on any atom is -0.303 e. The summed E-state index contributed by atoms with van der Waals surface area (Å²) in [4.78, 5) is 2.43. The summed E-state index contributed by atoms with van der Waals surface area (Å²) in [5.74, 6) is 0. The summed E-state index contributed by atoms with van der Waals surface area (Å²) in [5.41, 5.74) is 0.493. The monoisotopic (exact) mass is 127 g/mol. The van der Waals surface area contributed by atoms with Crippen LogP contribution in [-0.2, 0) is 0 Å². The maximum absolute atomic E-state index is 2.43. The standard InChI is InChI=1S/C8H17N/c1-8(2,3)7-5-6-9(7)4/h7H,5-6H2,1-4H3. The van der Waals surface area contributed by atoms with Crippen molar-refractivity contribution in [3.63, 3.8) is 0 Å². The third-order valence-corrected chi connectivity index (χ3v) is 2.29. The van der Waals surface area contributed by atoms with Crippen LogP contribution in [0, 0.1) is 5.41 Å². The molecule has 1 nitrogen and oxygen atoms in total. The van der Waals surface area contributed by atoms with Crippen molar-refractivity contribution in [2.75, 3.05) is 13.6 Å². The van der Waals surface area contributed by atoms with Crippen LogP contribution < -0.4 is 0 Å². The van der Waals surface area contributed by atoms with Crippen molar-refractivity contribution in [2.24, 2.45) is 5.41 Å². The van der Waals surface area contributed by atoms with E-state index in [1.807, 2.05) is 0 Å². The molecule has 0 radical (unpaired) electrons. The van der Waals surface area contributed by atoms with Gasteiger partial charge in [0.2, 0.25) is 0 Å². The van der Waals surface area contributed by atoms with Gasteiger partial charge < -0.3 is 4.90 Å². The lowest BCUT2D eigenvalue weighted by Gasteiger charge is -2.46. The number of hydrogen-bond acceptors (Lipinski definition) is 1. The quantitative estimate of drug-likeness (QED) is 0.479. The van der Waals surface area contributed by atoms with Gasteiger partial charge in [0.15, 0.2) is 0 Å². The fourth-order valence-corrected chi connectivity index (χ4v) is 1.61. The molecule has 1 rings (SSSR count). The lowest BCUT2D eigenvalue weighted by Crippen LogP contribution is -2.51. The summed E-state index contributed by atoms with van der Waals surface area (Å²) in [6.45, 7) is 8.23. The topological polar surface area (TPSA) is 3.24 Å². The zero-order valence-electron chi connectivity index (χ0n) is 6.94. The number of nitrogens with zero attached hydrogens (tertiary/aromatic N) is 1. The molecule has 1 aliphatic rings. The first-order chi connectivity index (χ1) is 4.02. The fourth-order valence-electron chi connectivity index (χ4n) is 1.61. The van der Waals surface area contributed by atoms with Crippen molar-refractivity contribution in [1.29, 1.82) is 0 Å². The largest absolute Gasteiger partial charge is 0.303 e. The normalized spacial score (nSPS) is 30.0. The van der Waals surface area contributed by atoms with Crippen LogP contribution in [0.3, 0.4) is 0 Å². The van der Waals surface area contributed by atoms with Crippen molar-refractivity contribution in [1.82, 2.24) is 4.90 Å². The zero-order valence-corrected chi connectivity index (χ0v) is 6.94. The Morgan fingerprint density at radius 3 is 1.89 bits per heavy atom. The first-order valence-corrected chi connectivity index (χ1v) is 3.72. The van der Waals surface area contributed by atoms with Crippen molar-refractivity contribution in [2.45, 2.75) is 33.2 Å². The average Bonchev–Trinajstić information content (AvgIpc) is 1.57. The molecule has 0 amide bonds. The summed E-state index contributed by atoms with van der Waals surface area (Å²) < 4.78 is 0. The van der Waals surface area contributed by atoms with E-state index >= 15 is 0 Å². The molecule has 1 atom stereocenters. The molecular weight excluding hydrogens is 110 g/mol. The van der Waals surface area contributed by atoms with E-state index in [4.69, 9.17) is 0 Å². The predicted octanol–water partition coefficient (Wildman–Crippen LogP) is 1.74. The fraction of sp³-hybridized carbons (Fsp3) is 1.00. The maximum Gasteiger partial charge on any atom is 0.0153 e. The van der Waals surface area contributed by atoms with Gasteiger partial charge in [-0.2, -0.15) is 0 Å². The smallest absolute Gasteiger partial charge is 0.0153 e. The van der Waals surface area contributed by atoms with E-state index in [9.17, 15) is 0 Å². The first kappa shape index (κ1) is 7.07. The molecule has 1 fully saturated rings. The number of rotatable bonds is 0. The van der Waals surface area contributed by atoms with Gasteiger partial charge in [-0.1, -0.05) is 20.8 Å². The second-order valence-corrected chi connectivity index (χ2v) is 4.15. The maximum atomic E-state index is 2.43. The molecule has 1 heterocycles. The van der Waals surface area contributed by atoms with Gasteiger partial charge in [-0.25, -0.2) is 0 Å². The molecule has 0 aromatic rings. The van der Waals surface area contributed by atoms with Crippen LogP contribution in [0.15, 0.2) is 0 Å². The van der Waals surface area contributed by atoms with E-state index in [-0.39, 0.29) is 0 Å². The van der Waals surface area contributed by atoms with Gasteiger partial charge in [-0.15, -0.1) is 0 Å². The predicted molar refractivity (Wildman–Crippen MR) is 40.5 cm³/mol. The van der Waals surface area contributed by atoms with Crippen LogP contribution in [0.2, 0.25) is 0 Å². The SMILES string of the molecule is CN1CCC1C(C)(C)C. The van der Waals surface area contributed by atoms with E-state index in [0.29, 0.717) is 5.41 Å². The molecule has 9 heavy (non-hydrogen) atoms. The van der Waals surface area contributed by atoms with Gasteiger partial charge >= 0.3 is 0 Å². The van der Waals surface area contributed by atoms with Crippen LogP contribution in [0.5, 0.6) is 0 Å². The summed E-state index contributed by atoms with van der Waals surface area (Å²) in [6, 6.07) is 0.831. The zero-order chi connectivity index (χ0) is 7.07. The molecule has 0 spiro atoms. The number of hydrogen-bond donors (Lipinski definition) is 0. The lowest BCUT2D eigenvalue weighted by atomic mass is 9.80. The molecule has 0 aromatic heterocycles. The summed E-state index contributed by atoms with van der Waals surface area (Å²) in [6.07, 6.45) is 1.39. The Morgan fingerprint density at radius 2 is 1.89 bits per heavy atom. The van der Waals surface area contributed by atoms with Gasteiger partial charge in [0, 0.05) is 6.04 Å². The van der Waals surface area contributed by atoms with E-state index in [2.05, 4.69) is 32.7 Å². The minimum absolute atomic E-state index is 0.493. The molecule has 1 aliphatic heterocycles. The molecule has 54 valence electrons. The van der Waals surface area contributed by atoms with Gasteiger partial charge in [-0.05, 0) is 25.4 Å². The average molecular weight is 127 g/mol. The molecular formula is C8H17N. The van der Waals surface area contributed by atoms with Crippen LogP contribution >= 0.6 is 0 Å². The van der Waals surface area contributed by atoms with Crippen molar-refractivity contribution in [3.8, 4) is 0 Å². The molecule has 0 N–H and O–H groups in total. The highest BCUT2D eigenvalue weighted by molar-refractivity contribution is 4.89. The van der Waals surface area contributed by atoms with Crippen molar-refractivity contribution in [3.05, 3.63) is 0 Å². The molecule has 1 heteroatoms. The molecule has 1 saturated heterocycles. The highest BCUT2D eigenvalue weighted by atomic mass is 15.2. The third-order valence-electron chi connectivity index (χ3n) is 2.29. The van der Waals surface area contributed by atoms with Gasteiger partial charge in [0.05, 0.1) is 0 Å². The van der Waals surface area contributed by atoms with Gasteiger partial charge in [0.1, 0.15) is 0 Å². The van der Waals surface area contributed by atoms with Crippen LogP contribution in [0.25, 0.3) is 0 Å². The van der Waals surface area contributed by atoms with Crippen LogP contribution in [-0.4, -0.2) is 24.5 Å². The van der Waals surface area contributed by atoms with E-state index < -0.39 is 0 Å². The summed E-state index contributed by atoms with van der Waals surface area (Å²) >= 11 is 0. The third kappa shape index (κ3) is 1.26. The summed E-state index contributed by atoms with van der Waals surface area (Å²) in [7, 11) is 2.21. The Balaban J connectivity index is 2.44. The molecule has 0 aromatic carbocycles. The Morgan fingerprint density at radius 1 is 1.33 bits per heavy atom. The highest BCUT2D eigenvalue weighted by Crippen LogP contribution is 2.31. The number of likely N-dealkylation sites (tertiary alicyclic amines) is 1. The first-order valence-electron chi connectivity index (χ1n) is 3.72. The van der Waals surface area contributed by atoms with Crippen LogP contribution in [0.4, 0.5) is 0 Å². The molecule has 0 aliphatic carbocycles. The van der Waals surface area contributed by atoms with E-state index in [1.54, 1.807) is 0 Å². The lowest BCUT2D eigenvalue weighted by molar-refractivity contribution is 0.0360. The Kier molecular flexibility index (Phi) is 1.55. The molecule has 0 saturated carbocycles. The van der Waals surface area contributed by atoms with Crippen molar-refractivity contribution >= 4 is 0 Å². The van der Waals surface area contributed by atoms with Gasteiger partial charge in [0.25, 0.3) is 0 Å². The minimum atomic E-state index is 0.493. The Bertz CT molecular complexity index is 102. The van der Waals surface area contributed by atoms with E-state index in [0.717, 1.165) is 6.04 Å². The Labute approximate surface area is 58.0 Å². The van der Waals surface area contributed by atoms with E-state index in [1.165, 1.54) is 13.0 Å².